The van der Waals surface area contributed by atoms with Gasteiger partial charge in [-0.25, -0.2) is 4.99 Å². The van der Waals surface area contributed by atoms with E-state index in [-0.39, 0.29) is 24.5 Å². The molecule has 7 N–H and O–H groups in total. The van der Waals surface area contributed by atoms with Crippen LogP contribution in [0.4, 0.5) is 5.69 Å². The van der Waals surface area contributed by atoms with E-state index in [9.17, 15) is 19.5 Å². The fraction of sp³-hybridized carbons (Fsp3) is 0.238. The van der Waals surface area contributed by atoms with Crippen molar-refractivity contribution in [3.63, 3.8) is 0 Å². The molecule has 2 amide bonds. The number of guanidine groups is 1. The first kappa shape index (κ1) is 22.4. The number of carboxylic acids is 1. The fourth-order valence-corrected chi connectivity index (χ4v) is 3.01. The average molecular weight is 411 g/mol. The van der Waals surface area contributed by atoms with E-state index in [2.05, 4.69) is 15.6 Å². The van der Waals surface area contributed by atoms with Gasteiger partial charge in [-0.2, -0.15) is 0 Å². The minimum atomic E-state index is -1.04. The smallest absolute Gasteiger partial charge is 0.305 e. The van der Waals surface area contributed by atoms with E-state index in [1.807, 2.05) is 32.0 Å². The number of benzene rings is 2. The van der Waals surface area contributed by atoms with E-state index in [1.165, 1.54) is 6.07 Å². The molecule has 0 saturated carbocycles. The minimum Gasteiger partial charge on any atom is -0.481 e. The molecule has 158 valence electrons. The van der Waals surface area contributed by atoms with Crippen LogP contribution in [0.25, 0.3) is 0 Å². The Kier molecular flexibility index (Phi) is 7.51. The fourth-order valence-electron chi connectivity index (χ4n) is 3.01. The number of aryl methyl sites for hydroxylation is 2. The monoisotopic (exact) mass is 411 g/mol. The van der Waals surface area contributed by atoms with Gasteiger partial charge in [0.15, 0.2) is 5.96 Å². The van der Waals surface area contributed by atoms with Gasteiger partial charge in [0.2, 0.25) is 5.91 Å². The van der Waals surface area contributed by atoms with Gasteiger partial charge in [0.25, 0.3) is 5.91 Å². The van der Waals surface area contributed by atoms with E-state index in [0.29, 0.717) is 11.3 Å². The first-order valence-corrected chi connectivity index (χ1v) is 9.21. The average Bonchev–Trinajstić information content (AvgIpc) is 2.64. The Morgan fingerprint density at radius 1 is 1.07 bits per heavy atom. The van der Waals surface area contributed by atoms with E-state index < -0.39 is 23.8 Å². The summed E-state index contributed by atoms with van der Waals surface area (Å²) in [6.45, 7) is 3.48. The summed E-state index contributed by atoms with van der Waals surface area (Å²) in [6, 6.07) is 11.2. The number of aliphatic carboxylic acids is 1. The maximum Gasteiger partial charge on any atom is 0.305 e. The van der Waals surface area contributed by atoms with Gasteiger partial charge in [-0.1, -0.05) is 35.4 Å². The Balaban J connectivity index is 2.04. The molecule has 0 aliphatic heterocycles. The summed E-state index contributed by atoms with van der Waals surface area (Å²) in [6.07, 6.45) is -0.275. The highest BCUT2D eigenvalue weighted by atomic mass is 16.4. The number of carboxylic acid groups (broad SMARTS) is 1. The van der Waals surface area contributed by atoms with E-state index >= 15 is 0 Å². The zero-order chi connectivity index (χ0) is 22.3. The van der Waals surface area contributed by atoms with E-state index in [4.69, 9.17) is 11.5 Å². The van der Waals surface area contributed by atoms with Crippen molar-refractivity contribution in [2.45, 2.75) is 26.3 Å². The maximum absolute atomic E-state index is 12.4. The Hall–Kier alpha value is -3.88. The first-order valence-electron chi connectivity index (χ1n) is 9.21. The summed E-state index contributed by atoms with van der Waals surface area (Å²) < 4.78 is 0. The molecule has 0 aliphatic carbocycles. The molecule has 2 rings (SSSR count). The molecule has 0 fully saturated rings. The summed E-state index contributed by atoms with van der Waals surface area (Å²) in [5, 5.41) is 14.4. The van der Waals surface area contributed by atoms with Gasteiger partial charge in [0, 0.05) is 5.56 Å². The SMILES string of the molecule is Cc1cc(C)cc(C(CC(=O)O)NC(=O)CNC(=O)c2cccc(N=C(N)N)c2)c1. The zero-order valence-corrected chi connectivity index (χ0v) is 16.8. The molecule has 1 atom stereocenters. The molecule has 2 aromatic rings. The molecule has 0 bridgehead atoms. The Morgan fingerprint density at radius 3 is 2.33 bits per heavy atom. The lowest BCUT2D eigenvalue weighted by Gasteiger charge is -2.19. The lowest BCUT2D eigenvalue weighted by Crippen LogP contribution is -2.39. The summed E-state index contributed by atoms with van der Waals surface area (Å²) in [4.78, 5) is 39.8. The summed E-state index contributed by atoms with van der Waals surface area (Å²) in [5.74, 6) is -2.17. The molecule has 0 heterocycles. The number of amides is 2. The van der Waals surface area contributed by atoms with Crippen LogP contribution in [-0.2, 0) is 9.59 Å². The quantitative estimate of drug-likeness (QED) is 0.325. The highest BCUT2D eigenvalue weighted by Crippen LogP contribution is 2.20. The molecule has 9 nitrogen and oxygen atoms in total. The number of rotatable bonds is 8. The second-order valence-electron chi connectivity index (χ2n) is 6.91. The Labute approximate surface area is 174 Å². The number of nitrogens with two attached hydrogens (primary N) is 2. The number of hydrogen-bond acceptors (Lipinski definition) is 4. The van der Waals surface area contributed by atoms with Crippen molar-refractivity contribution in [2.75, 3.05) is 6.54 Å². The summed E-state index contributed by atoms with van der Waals surface area (Å²) in [7, 11) is 0. The summed E-state index contributed by atoms with van der Waals surface area (Å²) in [5.41, 5.74) is 14.0. The van der Waals surface area contributed by atoms with Gasteiger partial charge in [0.1, 0.15) is 0 Å². The number of nitrogens with one attached hydrogen (secondary N) is 2. The van der Waals surface area contributed by atoms with Crippen LogP contribution in [0.1, 0.15) is 39.5 Å². The molecule has 0 saturated heterocycles. The number of nitrogens with zero attached hydrogens (tertiary/aromatic N) is 1. The van der Waals surface area contributed by atoms with E-state index in [1.54, 1.807) is 18.2 Å². The third-order valence-electron chi connectivity index (χ3n) is 4.14. The van der Waals surface area contributed by atoms with Gasteiger partial charge in [-0.05, 0) is 37.6 Å². The molecular formula is C21H25N5O4. The molecule has 30 heavy (non-hydrogen) atoms. The van der Waals surface area contributed by atoms with Crippen LogP contribution < -0.4 is 22.1 Å². The van der Waals surface area contributed by atoms with Crippen LogP contribution in [0, 0.1) is 13.8 Å². The second kappa shape index (κ2) is 10.1. The molecular weight excluding hydrogens is 386 g/mol. The highest BCUT2D eigenvalue weighted by Gasteiger charge is 2.19. The van der Waals surface area contributed by atoms with Crippen LogP contribution in [0.5, 0.6) is 0 Å². The molecule has 0 aromatic heterocycles. The lowest BCUT2D eigenvalue weighted by molar-refractivity contribution is -0.137. The lowest BCUT2D eigenvalue weighted by atomic mass is 9.99. The zero-order valence-electron chi connectivity index (χ0n) is 16.8. The van der Waals surface area contributed by atoms with Crippen molar-refractivity contribution in [2.24, 2.45) is 16.5 Å². The predicted molar refractivity (Wildman–Crippen MR) is 113 cm³/mol. The van der Waals surface area contributed by atoms with Crippen LogP contribution in [0.15, 0.2) is 47.5 Å². The standard InChI is InChI=1S/C21H25N5O4/c1-12-6-13(2)8-15(7-12)17(10-19(28)29)26-18(27)11-24-20(30)14-4-3-5-16(9-14)25-21(22)23/h3-9,17H,10-11H2,1-2H3,(H,24,30)(H,26,27)(H,28,29)(H4,22,23,25). The minimum absolute atomic E-state index is 0.136. The number of hydrogen-bond donors (Lipinski definition) is 5. The largest absolute Gasteiger partial charge is 0.481 e. The highest BCUT2D eigenvalue weighted by molar-refractivity contribution is 5.97. The molecule has 9 heteroatoms. The van der Waals surface area contributed by atoms with Crippen molar-refractivity contribution >= 4 is 29.4 Å². The second-order valence-corrected chi connectivity index (χ2v) is 6.91. The topological polar surface area (TPSA) is 160 Å². The normalized spacial score (nSPS) is 11.3. The van der Waals surface area contributed by atoms with Crippen molar-refractivity contribution < 1.29 is 19.5 Å². The van der Waals surface area contributed by atoms with Gasteiger partial charge in [-0.15, -0.1) is 0 Å². The van der Waals surface area contributed by atoms with Crippen molar-refractivity contribution in [1.82, 2.24) is 10.6 Å². The summed E-state index contributed by atoms with van der Waals surface area (Å²) >= 11 is 0. The number of aliphatic imine (C=N–C) groups is 1. The van der Waals surface area contributed by atoms with Gasteiger partial charge in [0.05, 0.1) is 24.7 Å². The molecule has 0 spiro atoms. The van der Waals surface area contributed by atoms with Crippen LogP contribution in [0.3, 0.4) is 0 Å². The Morgan fingerprint density at radius 2 is 1.73 bits per heavy atom. The van der Waals surface area contributed by atoms with Gasteiger partial charge >= 0.3 is 5.97 Å². The third-order valence-corrected chi connectivity index (χ3v) is 4.14. The molecule has 0 aliphatic rings. The number of carbonyl (C=O) groups is 3. The van der Waals surface area contributed by atoms with Crippen LogP contribution in [-0.4, -0.2) is 35.4 Å². The predicted octanol–water partition coefficient (Wildman–Crippen LogP) is 1.27. The van der Waals surface area contributed by atoms with Gasteiger partial charge < -0.3 is 27.2 Å². The third kappa shape index (κ3) is 6.93. The van der Waals surface area contributed by atoms with Crippen molar-refractivity contribution in [3.05, 3.63) is 64.7 Å². The maximum atomic E-state index is 12.4. The van der Waals surface area contributed by atoms with E-state index in [0.717, 1.165) is 11.1 Å². The number of carbonyl (C=O) groups excluding carboxylic acids is 2. The van der Waals surface area contributed by atoms with Crippen molar-refractivity contribution in [3.8, 4) is 0 Å². The van der Waals surface area contributed by atoms with Crippen LogP contribution >= 0.6 is 0 Å². The molecule has 0 radical (unpaired) electrons. The van der Waals surface area contributed by atoms with Gasteiger partial charge in [-0.3, -0.25) is 14.4 Å². The Bertz CT molecular complexity index is 963. The molecule has 1 unspecified atom stereocenters. The molecule has 2 aromatic carbocycles. The first-order chi connectivity index (χ1) is 14.1. The van der Waals surface area contributed by atoms with Crippen molar-refractivity contribution in [1.29, 1.82) is 0 Å². The van der Waals surface area contributed by atoms with Crippen LogP contribution in [0.2, 0.25) is 0 Å².